The van der Waals surface area contributed by atoms with E-state index in [1.165, 1.54) is 12.1 Å². The number of aliphatic hydroxyl groups is 1. The van der Waals surface area contributed by atoms with Crippen molar-refractivity contribution in [1.82, 2.24) is 5.32 Å². The number of carbonyl (C=O) groups is 1. The van der Waals surface area contributed by atoms with Crippen molar-refractivity contribution in [3.8, 4) is 5.75 Å². The van der Waals surface area contributed by atoms with Crippen LogP contribution in [0.1, 0.15) is 13.8 Å². The molecule has 0 spiro atoms. The number of aliphatic hydroxyl groups excluding tert-OH is 1. The topological polar surface area (TPSA) is 58.6 Å². The van der Waals surface area contributed by atoms with Crippen molar-refractivity contribution in [3.63, 3.8) is 0 Å². The molecule has 0 heterocycles. The Kier molecular flexibility index (Phi) is 5.57. The second-order valence-corrected chi connectivity index (χ2v) is 5.37. The van der Waals surface area contributed by atoms with Gasteiger partial charge in [0.1, 0.15) is 11.6 Å². The average Bonchev–Trinajstić information content (AvgIpc) is 2.35. The third kappa shape index (κ3) is 5.44. The number of amides is 1. The van der Waals surface area contributed by atoms with Crippen LogP contribution in [0.5, 0.6) is 5.75 Å². The molecule has 0 aliphatic carbocycles. The molecule has 0 unspecified atom stereocenters. The molecule has 1 rings (SSSR count). The predicted molar refractivity (Wildman–Crippen MR) is 70.8 cm³/mol. The van der Waals surface area contributed by atoms with Crippen LogP contribution in [0, 0.1) is 11.2 Å². The zero-order valence-corrected chi connectivity index (χ0v) is 11.6. The predicted octanol–water partition coefficient (Wildman–Crippen LogP) is 1.99. The summed E-state index contributed by atoms with van der Waals surface area (Å²) in [6.07, 6.45) is 0. The standard InChI is InChI=1S/C13H17ClFNO3/c1-13(2,8-17)7-16-12(18)6-19-11-4-3-9(15)5-10(11)14/h3-5,17H,6-8H2,1-2H3,(H,16,18). The van der Waals surface area contributed by atoms with Gasteiger partial charge in [0.2, 0.25) is 0 Å². The lowest BCUT2D eigenvalue weighted by Crippen LogP contribution is -2.38. The highest BCUT2D eigenvalue weighted by Crippen LogP contribution is 2.24. The van der Waals surface area contributed by atoms with Crippen LogP contribution in [0.15, 0.2) is 18.2 Å². The van der Waals surface area contributed by atoms with Crippen LogP contribution < -0.4 is 10.1 Å². The van der Waals surface area contributed by atoms with E-state index in [9.17, 15) is 9.18 Å². The monoisotopic (exact) mass is 289 g/mol. The lowest BCUT2D eigenvalue weighted by Gasteiger charge is -2.21. The molecule has 0 fully saturated rings. The number of benzene rings is 1. The van der Waals surface area contributed by atoms with Crippen molar-refractivity contribution in [2.24, 2.45) is 5.41 Å². The quantitative estimate of drug-likeness (QED) is 0.842. The molecule has 0 radical (unpaired) electrons. The molecule has 1 amide bonds. The first-order chi connectivity index (χ1) is 8.84. The molecule has 0 bridgehead atoms. The van der Waals surface area contributed by atoms with Gasteiger partial charge in [0.25, 0.3) is 5.91 Å². The van der Waals surface area contributed by atoms with Crippen LogP contribution in [0.25, 0.3) is 0 Å². The fourth-order valence-electron chi connectivity index (χ4n) is 1.18. The van der Waals surface area contributed by atoms with Gasteiger partial charge in [-0.2, -0.15) is 0 Å². The van der Waals surface area contributed by atoms with Crippen molar-refractivity contribution in [1.29, 1.82) is 0 Å². The van der Waals surface area contributed by atoms with Crippen LogP contribution in [-0.2, 0) is 4.79 Å². The molecule has 0 saturated heterocycles. The van der Waals surface area contributed by atoms with E-state index >= 15 is 0 Å². The molecule has 6 heteroatoms. The molecule has 1 aromatic carbocycles. The fourth-order valence-corrected chi connectivity index (χ4v) is 1.40. The van der Waals surface area contributed by atoms with Crippen LogP contribution in [0.3, 0.4) is 0 Å². The number of rotatable bonds is 6. The minimum atomic E-state index is -0.466. The third-order valence-electron chi connectivity index (χ3n) is 2.44. The smallest absolute Gasteiger partial charge is 0.257 e. The Morgan fingerprint density at radius 1 is 1.53 bits per heavy atom. The van der Waals surface area contributed by atoms with Gasteiger partial charge in [0, 0.05) is 18.6 Å². The maximum absolute atomic E-state index is 12.8. The number of carbonyl (C=O) groups excluding carboxylic acids is 1. The summed E-state index contributed by atoms with van der Waals surface area (Å²) in [6, 6.07) is 3.68. The summed E-state index contributed by atoms with van der Waals surface area (Å²) in [6.45, 7) is 3.74. The normalized spacial score (nSPS) is 11.2. The van der Waals surface area contributed by atoms with Gasteiger partial charge in [-0.15, -0.1) is 0 Å². The van der Waals surface area contributed by atoms with Crippen molar-refractivity contribution in [2.75, 3.05) is 19.8 Å². The van der Waals surface area contributed by atoms with Crippen molar-refractivity contribution < 1.29 is 19.0 Å². The Labute approximate surface area is 116 Å². The molecule has 0 aliphatic heterocycles. The number of hydrogen-bond acceptors (Lipinski definition) is 3. The highest BCUT2D eigenvalue weighted by Gasteiger charge is 2.17. The van der Waals surface area contributed by atoms with E-state index in [1.807, 2.05) is 13.8 Å². The molecular formula is C13H17ClFNO3. The number of hydrogen-bond donors (Lipinski definition) is 2. The van der Waals surface area contributed by atoms with Crippen molar-refractivity contribution >= 4 is 17.5 Å². The van der Waals surface area contributed by atoms with Crippen molar-refractivity contribution in [2.45, 2.75) is 13.8 Å². The number of nitrogens with one attached hydrogen (secondary N) is 1. The molecule has 0 aliphatic rings. The van der Waals surface area contributed by atoms with Gasteiger partial charge in [-0.05, 0) is 18.2 Å². The molecule has 19 heavy (non-hydrogen) atoms. The van der Waals surface area contributed by atoms with E-state index in [0.717, 1.165) is 6.07 Å². The zero-order valence-electron chi connectivity index (χ0n) is 10.9. The maximum Gasteiger partial charge on any atom is 0.257 e. The molecule has 0 atom stereocenters. The Hall–Kier alpha value is -1.33. The Balaban J connectivity index is 2.42. The van der Waals surface area contributed by atoms with E-state index in [1.54, 1.807) is 0 Å². The van der Waals surface area contributed by atoms with Gasteiger partial charge in [0.15, 0.2) is 6.61 Å². The largest absolute Gasteiger partial charge is 0.482 e. The van der Waals surface area contributed by atoms with E-state index in [4.69, 9.17) is 21.4 Å². The molecule has 106 valence electrons. The Morgan fingerprint density at radius 2 is 2.21 bits per heavy atom. The molecule has 0 saturated carbocycles. The summed E-state index contributed by atoms with van der Waals surface area (Å²) in [5, 5.41) is 11.8. The first kappa shape index (κ1) is 15.7. The lowest BCUT2D eigenvalue weighted by molar-refractivity contribution is -0.123. The minimum Gasteiger partial charge on any atom is -0.482 e. The van der Waals surface area contributed by atoms with Gasteiger partial charge < -0.3 is 15.2 Å². The summed E-state index contributed by atoms with van der Waals surface area (Å²) in [5.41, 5.74) is -0.386. The first-order valence-corrected chi connectivity index (χ1v) is 6.17. The first-order valence-electron chi connectivity index (χ1n) is 5.79. The molecule has 4 nitrogen and oxygen atoms in total. The van der Waals surface area contributed by atoms with Crippen LogP contribution in [0.2, 0.25) is 5.02 Å². The van der Waals surface area contributed by atoms with Gasteiger partial charge in [0.05, 0.1) is 5.02 Å². The van der Waals surface area contributed by atoms with E-state index in [2.05, 4.69) is 5.32 Å². The maximum atomic E-state index is 12.8. The highest BCUT2D eigenvalue weighted by molar-refractivity contribution is 6.32. The van der Waals surface area contributed by atoms with E-state index in [-0.39, 0.29) is 35.3 Å². The van der Waals surface area contributed by atoms with Gasteiger partial charge >= 0.3 is 0 Å². The molecule has 1 aromatic rings. The summed E-state index contributed by atoms with van der Waals surface area (Å²) in [4.78, 5) is 11.5. The van der Waals surface area contributed by atoms with E-state index in [0.29, 0.717) is 6.54 Å². The van der Waals surface area contributed by atoms with Gasteiger partial charge in [-0.1, -0.05) is 25.4 Å². The van der Waals surface area contributed by atoms with Gasteiger partial charge in [-0.3, -0.25) is 4.79 Å². The second kappa shape index (κ2) is 6.73. The zero-order chi connectivity index (χ0) is 14.5. The summed E-state index contributed by atoms with van der Waals surface area (Å²) < 4.78 is 18.0. The third-order valence-corrected chi connectivity index (χ3v) is 2.74. The minimum absolute atomic E-state index is 0.0298. The average molecular weight is 290 g/mol. The van der Waals surface area contributed by atoms with Crippen LogP contribution in [-0.4, -0.2) is 30.8 Å². The summed E-state index contributed by atoms with van der Waals surface area (Å²) >= 11 is 5.76. The van der Waals surface area contributed by atoms with Crippen LogP contribution in [0.4, 0.5) is 4.39 Å². The molecule has 2 N–H and O–H groups in total. The number of halogens is 2. The summed E-state index contributed by atoms with van der Waals surface area (Å²) in [5.74, 6) is -0.548. The fraction of sp³-hybridized carbons (Fsp3) is 0.462. The molecule has 0 aromatic heterocycles. The van der Waals surface area contributed by atoms with Crippen molar-refractivity contribution in [3.05, 3.63) is 29.0 Å². The van der Waals surface area contributed by atoms with Crippen LogP contribution >= 0.6 is 11.6 Å². The Bertz CT molecular complexity index is 452. The van der Waals surface area contributed by atoms with Gasteiger partial charge in [-0.25, -0.2) is 4.39 Å². The SMILES string of the molecule is CC(C)(CO)CNC(=O)COc1ccc(F)cc1Cl. The van der Waals surface area contributed by atoms with E-state index < -0.39 is 5.82 Å². The second-order valence-electron chi connectivity index (χ2n) is 4.96. The Morgan fingerprint density at radius 3 is 2.79 bits per heavy atom. The number of ether oxygens (including phenoxy) is 1. The summed E-state index contributed by atoms with van der Waals surface area (Å²) in [7, 11) is 0. The highest BCUT2D eigenvalue weighted by atomic mass is 35.5. The lowest BCUT2D eigenvalue weighted by atomic mass is 9.95. The molecular weight excluding hydrogens is 273 g/mol.